The van der Waals surface area contributed by atoms with Crippen LogP contribution in [0.4, 0.5) is 5.82 Å². The first kappa shape index (κ1) is 14.6. The van der Waals surface area contributed by atoms with Gasteiger partial charge in [0.25, 0.3) is 0 Å². The summed E-state index contributed by atoms with van der Waals surface area (Å²) in [6.07, 6.45) is 3.11. The van der Waals surface area contributed by atoms with Crippen molar-refractivity contribution in [3.63, 3.8) is 0 Å². The van der Waals surface area contributed by atoms with E-state index in [0.29, 0.717) is 12.5 Å². The van der Waals surface area contributed by atoms with Crippen LogP contribution in [0.5, 0.6) is 5.88 Å². The first-order valence-corrected chi connectivity index (χ1v) is 6.94. The zero-order valence-electron chi connectivity index (χ0n) is 12.3. The lowest BCUT2D eigenvalue weighted by atomic mass is 9.97. The maximum Gasteiger partial charge on any atom is 0.308 e. The number of nitrogens with zero attached hydrogens (tertiary/aromatic N) is 3. The van der Waals surface area contributed by atoms with Gasteiger partial charge >= 0.3 is 5.97 Å². The average Bonchev–Trinajstić information content (AvgIpc) is 2.49. The van der Waals surface area contributed by atoms with Gasteiger partial charge in [-0.1, -0.05) is 0 Å². The van der Waals surface area contributed by atoms with Crippen LogP contribution in [0, 0.1) is 12.8 Å². The molecule has 0 amide bonds. The zero-order chi connectivity index (χ0) is 14.5. The second kappa shape index (κ2) is 6.54. The Hall–Kier alpha value is -1.85. The lowest BCUT2D eigenvalue weighted by Gasteiger charge is -2.32. The molecular formula is C14H21N3O3. The summed E-state index contributed by atoms with van der Waals surface area (Å²) in [7, 11) is 1.44. The SMILES string of the molecule is CCOc1ncnc(N2CCC(C(=O)OC)CC2)c1C. The molecule has 0 aromatic carbocycles. The lowest BCUT2D eigenvalue weighted by Crippen LogP contribution is -2.37. The first-order chi connectivity index (χ1) is 9.67. The molecule has 0 saturated carbocycles. The van der Waals surface area contributed by atoms with Gasteiger partial charge in [0, 0.05) is 13.1 Å². The second-order valence-corrected chi connectivity index (χ2v) is 4.84. The summed E-state index contributed by atoms with van der Waals surface area (Å²) in [5, 5.41) is 0. The van der Waals surface area contributed by atoms with Crippen molar-refractivity contribution in [3.05, 3.63) is 11.9 Å². The maximum absolute atomic E-state index is 11.5. The Balaban J connectivity index is 2.07. The van der Waals surface area contributed by atoms with Gasteiger partial charge in [-0.05, 0) is 26.7 Å². The van der Waals surface area contributed by atoms with E-state index in [1.165, 1.54) is 13.4 Å². The van der Waals surface area contributed by atoms with E-state index in [1.54, 1.807) is 0 Å². The molecular weight excluding hydrogens is 258 g/mol. The second-order valence-electron chi connectivity index (χ2n) is 4.84. The molecule has 0 N–H and O–H groups in total. The Kier molecular flexibility index (Phi) is 4.76. The van der Waals surface area contributed by atoms with Crippen molar-refractivity contribution < 1.29 is 14.3 Å². The summed E-state index contributed by atoms with van der Waals surface area (Å²) in [4.78, 5) is 22.2. The van der Waals surface area contributed by atoms with Gasteiger partial charge in [0.15, 0.2) is 0 Å². The van der Waals surface area contributed by atoms with Crippen molar-refractivity contribution in [1.29, 1.82) is 0 Å². The van der Waals surface area contributed by atoms with Crippen LogP contribution in [0.3, 0.4) is 0 Å². The Labute approximate surface area is 119 Å². The first-order valence-electron chi connectivity index (χ1n) is 6.94. The molecule has 6 heteroatoms. The number of aromatic nitrogens is 2. The van der Waals surface area contributed by atoms with Crippen molar-refractivity contribution in [3.8, 4) is 5.88 Å². The number of anilines is 1. The van der Waals surface area contributed by atoms with E-state index in [1.807, 2.05) is 13.8 Å². The monoisotopic (exact) mass is 279 g/mol. The van der Waals surface area contributed by atoms with Gasteiger partial charge in [0.2, 0.25) is 5.88 Å². The average molecular weight is 279 g/mol. The van der Waals surface area contributed by atoms with Crippen LogP contribution in [-0.2, 0) is 9.53 Å². The van der Waals surface area contributed by atoms with Gasteiger partial charge in [-0.3, -0.25) is 4.79 Å². The zero-order valence-corrected chi connectivity index (χ0v) is 12.3. The maximum atomic E-state index is 11.5. The third-order valence-corrected chi connectivity index (χ3v) is 3.62. The lowest BCUT2D eigenvalue weighted by molar-refractivity contribution is -0.146. The number of hydrogen-bond donors (Lipinski definition) is 0. The highest BCUT2D eigenvalue weighted by molar-refractivity contribution is 5.72. The normalized spacial score (nSPS) is 16.1. The van der Waals surface area contributed by atoms with Crippen molar-refractivity contribution >= 4 is 11.8 Å². The number of carbonyl (C=O) groups is 1. The predicted molar refractivity (Wildman–Crippen MR) is 74.9 cm³/mol. The van der Waals surface area contributed by atoms with Crippen LogP contribution in [0.2, 0.25) is 0 Å². The molecule has 0 bridgehead atoms. The summed E-state index contributed by atoms with van der Waals surface area (Å²) in [5.41, 5.74) is 0.950. The van der Waals surface area contributed by atoms with Crippen molar-refractivity contribution in [2.45, 2.75) is 26.7 Å². The van der Waals surface area contributed by atoms with E-state index in [9.17, 15) is 4.79 Å². The highest BCUT2D eigenvalue weighted by Crippen LogP contribution is 2.28. The highest BCUT2D eigenvalue weighted by atomic mass is 16.5. The highest BCUT2D eigenvalue weighted by Gasteiger charge is 2.27. The van der Waals surface area contributed by atoms with Crippen LogP contribution in [-0.4, -0.2) is 42.7 Å². The fraction of sp³-hybridized carbons (Fsp3) is 0.643. The molecule has 1 aliphatic rings. The summed E-state index contributed by atoms with van der Waals surface area (Å²) < 4.78 is 10.3. The predicted octanol–water partition coefficient (Wildman–Crippen LogP) is 1.57. The quantitative estimate of drug-likeness (QED) is 0.780. The van der Waals surface area contributed by atoms with Crippen LogP contribution in [0.15, 0.2) is 6.33 Å². The molecule has 1 aliphatic heterocycles. The minimum absolute atomic E-state index is 0.00440. The fourth-order valence-corrected chi connectivity index (χ4v) is 2.52. The number of ether oxygens (including phenoxy) is 2. The van der Waals surface area contributed by atoms with Crippen molar-refractivity contribution in [1.82, 2.24) is 9.97 Å². The van der Waals surface area contributed by atoms with E-state index >= 15 is 0 Å². The standard InChI is InChI=1S/C14H21N3O3/c1-4-20-13-10(2)12(15-9-16-13)17-7-5-11(6-8-17)14(18)19-3/h9,11H,4-8H2,1-3H3. The molecule has 2 rings (SSSR count). The topological polar surface area (TPSA) is 64.6 Å². The van der Waals surface area contributed by atoms with Crippen molar-refractivity contribution in [2.75, 3.05) is 31.7 Å². The molecule has 0 radical (unpaired) electrons. The van der Waals surface area contributed by atoms with Crippen LogP contribution in [0.25, 0.3) is 0 Å². The number of rotatable bonds is 4. The Morgan fingerprint density at radius 3 is 2.70 bits per heavy atom. The number of carbonyl (C=O) groups excluding carboxylic acids is 1. The number of esters is 1. The minimum atomic E-state index is -0.112. The molecule has 0 aliphatic carbocycles. The van der Waals surface area contributed by atoms with Gasteiger partial charge in [-0.25, -0.2) is 9.97 Å². The van der Waals surface area contributed by atoms with Crippen LogP contribution >= 0.6 is 0 Å². The summed E-state index contributed by atoms with van der Waals surface area (Å²) in [6, 6.07) is 0. The molecule has 0 unspecified atom stereocenters. The molecule has 6 nitrogen and oxygen atoms in total. The molecule has 0 spiro atoms. The number of methoxy groups -OCH3 is 1. The van der Waals surface area contributed by atoms with E-state index in [-0.39, 0.29) is 11.9 Å². The fourth-order valence-electron chi connectivity index (χ4n) is 2.52. The van der Waals surface area contributed by atoms with Gasteiger partial charge in [0.05, 0.1) is 25.2 Å². The van der Waals surface area contributed by atoms with Gasteiger partial charge in [-0.15, -0.1) is 0 Å². The molecule has 0 atom stereocenters. The Morgan fingerprint density at radius 2 is 2.10 bits per heavy atom. The Bertz CT molecular complexity index is 471. The Morgan fingerprint density at radius 1 is 1.40 bits per heavy atom. The van der Waals surface area contributed by atoms with E-state index in [2.05, 4.69) is 14.9 Å². The summed E-state index contributed by atoms with van der Waals surface area (Å²) >= 11 is 0. The molecule has 2 heterocycles. The van der Waals surface area contributed by atoms with E-state index in [0.717, 1.165) is 37.3 Å². The molecule has 110 valence electrons. The molecule has 1 aromatic rings. The van der Waals surface area contributed by atoms with Gasteiger partial charge in [-0.2, -0.15) is 0 Å². The smallest absolute Gasteiger partial charge is 0.308 e. The number of hydrogen-bond acceptors (Lipinski definition) is 6. The molecule has 1 saturated heterocycles. The molecule has 1 aromatic heterocycles. The summed E-state index contributed by atoms with van der Waals surface area (Å²) in [5.74, 6) is 1.42. The van der Waals surface area contributed by atoms with Gasteiger partial charge < -0.3 is 14.4 Å². The van der Waals surface area contributed by atoms with E-state index in [4.69, 9.17) is 9.47 Å². The van der Waals surface area contributed by atoms with Gasteiger partial charge in [0.1, 0.15) is 12.1 Å². The van der Waals surface area contributed by atoms with E-state index < -0.39 is 0 Å². The van der Waals surface area contributed by atoms with Crippen LogP contribution < -0.4 is 9.64 Å². The third-order valence-electron chi connectivity index (χ3n) is 3.62. The molecule has 1 fully saturated rings. The third kappa shape index (κ3) is 3.00. The number of piperidine rings is 1. The summed E-state index contributed by atoms with van der Waals surface area (Å²) in [6.45, 7) is 6.07. The largest absolute Gasteiger partial charge is 0.478 e. The van der Waals surface area contributed by atoms with Crippen LogP contribution in [0.1, 0.15) is 25.3 Å². The molecule has 20 heavy (non-hydrogen) atoms. The minimum Gasteiger partial charge on any atom is -0.478 e. The van der Waals surface area contributed by atoms with Crippen molar-refractivity contribution in [2.24, 2.45) is 5.92 Å².